The molecule has 0 spiro atoms. The van der Waals surface area contributed by atoms with E-state index < -0.39 is 0 Å². The van der Waals surface area contributed by atoms with Crippen LogP contribution in [0.4, 0.5) is 5.95 Å². The molecule has 1 heterocycles. The van der Waals surface area contributed by atoms with Gasteiger partial charge in [0.1, 0.15) is 0 Å². The molecule has 0 aliphatic heterocycles. The number of nitrogen functional groups attached to an aromatic ring is 1. The van der Waals surface area contributed by atoms with Gasteiger partial charge in [0.25, 0.3) is 0 Å². The zero-order valence-electron chi connectivity index (χ0n) is 11.1. The molecule has 0 saturated carbocycles. The van der Waals surface area contributed by atoms with Gasteiger partial charge in [-0.1, -0.05) is 30.7 Å². The predicted octanol–water partition coefficient (Wildman–Crippen LogP) is 3.42. The van der Waals surface area contributed by atoms with E-state index in [1.165, 1.54) is 5.56 Å². The molecule has 3 nitrogen and oxygen atoms in total. The highest BCUT2D eigenvalue weighted by atomic mass is 35.5. The van der Waals surface area contributed by atoms with E-state index in [0.29, 0.717) is 11.9 Å². The number of halogens is 1. The lowest BCUT2D eigenvalue weighted by molar-refractivity contribution is 0.624. The number of aromatic nitrogens is 2. The minimum atomic E-state index is 0.349. The Balaban J connectivity index is 2.24. The van der Waals surface area contributed by atoms with Crippen molar-refractivity contribution < 1.29 is 0 Å². The lowest BCUT2D eigenvalue weighted by atomic mass is 10.00. The summed E-state index contributed by atoms with van der Waals surface area (Å²) in [5.74, 6) is 0.951. The molecule has 2 aromatic rings. The summed E-state index contributed by atoms with van der Waals surface area (Å²) in [6, 6.07) is 5.90. The first-order chi connectivity index (χ1) is 9.06. The second-order valence-corrected chi connectivity index (χ2v) is 5.69. The van der Waals surface area contributed by atoms with Crippen LogP contribution in [0.5, 0.6) is 0 Å². The van der Waals surface area contributed by atoms with Crippen molar-refractivity contribution in [3.05, 3.63) is 40.0 Å². The van der Waals surface area contributed by atoms with Gasteiger partial charge in [0, 0.05) is 16.1 Å². The maximum Gasteiger partial charge on any atom is 0.220 e. The molecule has 3 rings (SSSR count). The van der Waals surface area contributed by atoms with Crippen LogP contribution < -0.4 is 5.73 Å². The molecule has 0 unspecified atom stereocenters. The van der Waals surface area contributed by atoms with Gasteiger partial charge in [0.2, 0.25) is 5.95 Å². The van der Waals surface area contributed by atoms with Gasteiger partial charge in [-0.3, -0.25) is 0 Å². The Kier molecular flexibility index (Phi) is 2.94. The van der Waals surface area contributed by atoms with Crippen molar-refractivity contribution in [2.45, 2.75) is 26.7 Å². The SMILES string of the molecule is Cc1c(Cl)cccc1-c1nc(N)nc2c1C[C@H](C)C2. The van der Waals surface area contributed by atoms with Crippen LogP contribution in [-0.2, 0) is 12.8 Å². The molecule has 98 valence electrons. The summed E-state index contributed by atoms with van der Waals surface area (Å²) in [6.45, 7) is 4.24. The van der Waals surface area contributed by atoms with Crippen LogP contribution in [-0.4, -0.2) is 9.97 Å². The first-order valence-corrected chi connectivity index (χ1v) is 6.85. The maximum absolute atomic E-state index is 6.21. The van der Waals surface area contributed by atoms with Crippen LogP contribution in [0.2, 0.25) is 5.02 Å². The third-order valence-corrected chi connectivity index (χ3v) is 4.14. The van der Waals surface area contributed by atoms with Crippen molar-refractivity contribution in [2.75, 3.05) is 5.73 Å². The second-order valence-electron chi connectivity index (χ2n) is 5.28. The number of fused-ring (bicyclic) bond motifs is 1. The zero-order valence-corrected chi connectivity index (χ0v) is 11.8. The smallest absolute Gasteiger partial charge is 0.220 e. The average molecular weight is 274 g/mol. The minimum Gasteiger partial charge on any atom is -0.368 e. The van der Waals surface area contributed by atoms with E-state index in [4.69, 9.17) is 17.3 Å². The normalized spacial score (nSPS) is 17.5. The fourth-order valence-electron chi connectivity index (χ4n) is 2.77. The molecule has 4 heteroatoms. The Labute approximate surface area is 117 Å². The first kappa shape index (κ1) is 12.4. The fourth-order valence-corrected chi connectivity index (χ4v) is 2.94. The van der Waals surface area contributed by atoms with E-state index in [1.807, 2.05) is 25.1 Å². The Morgan fingerprint density at radius 2 is 2.05 bits per heavy atom. The lowest BCUT2D eigenvalue weighted by Crippen LogP contribution is -2.03. The highest BCUT2D eigenvalue weighted by Crippen LogP contribution is 2.35. The largest absolute Gasteiger partial charge is 0.368 e. The van der Waals surface area contributed by atoms with E-state index >= 15 is 0 Å². The molecule has 0 fully saturated rings. The summed E-state index contributed by atoms with van der Waals surface area (Å²) in [4.78, 5) is 8.84. The number of hydrogen-bond donors (Lipinski definition) is 1. The molecule has 1 aromatic carbocycles. The molecule has 0 amide bonds. The fraction of sp³-hybridized carbons (Fsp3) is 0.333. The maximum atomic E-state index is 6.21. The molecular weight excluding hydrogens is 258 g/mol. The highest BCUT2D eigenvalue weighted by molar-refractivity contribution is 6.31. The first-order valence-electron chi connectivity index (χ1n) is 6.47. The van der Waals surface area contributed by atoms with Gasteiger partial charge in [0.05, 0.1) is 11.4 Å². The molecule has 2 N–H and O–H groups in total. The summed E-state index contributed by atoms with van der Waals surface area (Å²) in [6.07, 6.45) is 1.99. The number of benzene rings is 1. The Hall–Kier alpha value is -1.61. The van der Waals surface area contributed by atoms with Crippen LogP contribution in [0, 0.1) is 12.8 Å². The van der Waals surface area contributed by atoms with Crippen LogP contribution in [0.15, 0.2) is 18.2 Å². The van der Waals surface area contributed by atoms with Gasteiger partial charge in [0.15, 0.2) is 0 Å². The van der Waals surface area contributed by atoms with E-state index in [9.17, 15) is 0 Å². The number of nitrogens with two attached hydrogens (primary N) is 1. The third-order valence-electron chi connectivity index (χ3n) is 3.73. The van der Waals surface area contributed by atoms with Gasteiger partial charge in [-0.15, -0.1) is 0 Å². The highest BCUT2D eigenvalue weighted by Gasteiger charge is 2.25. The van der Waals surface area contributed by atoms with Crippen molar-refractivity contribution in [1.82, 2.24) is 9.97 Å². The average Bonchev–Trinajstić information content (AvgIpc) is 2.72. The summed E-state index contributed by atoms with van der Waals surface area (Å²) < 4.78 is 0. The Bertz CT molecular complexity index is 652. The summed E-state index contributed by atoms with van der Waals surface area (Å²) in [7, 11) is 0. The minimum absolute atomic E-state index is 0.349. The molecule has 1 atom stereocenters. The quantitative estimate of drug-likeness (QED) is 0.866. The van der Waals surface area contributed by atoms with Crippen molar-refractivity contribution in [1.29, 1.82) is 0 Å². The number of hydrogen-bond acceptors (Lipinski definition) is 3. The van der Waals surface area contributed by atoms with Crippen LogP contribution in [0.1, 0.15) is 23.7 Å². The van der Waals surface area contributed by atoms with E-state index in [0.717, 1.165) is 40.4 Å². The molecule has 0 bridgehead atoms. The van der Waals surface area contributed by atoms with E-state index in [-0.39, 0.29) is 0 Å². The van der Waals surface area contributed by atoms with Crippen molar-refractivity contribution >= 4 is 17.5 Å². The van der Waals surface area contributed by atoms with Crippen molar-refractivity contribution in [3.63, 3.8) is 0 Å². The number of nitrogens with zero attached hydrogens (tertiary/aromatic N) is 2. The number of rotatable bonds is 1. The Morgan fingerprint density at radius 1 is 1.26 bits per heavy atom. The molecule has 1 aliphatic rings. The van der Waals surface area contributed by atoms with Gasteiger partial charge in [-0.05, 0) is 37.3 Å². The monoisotopic (exact) mass is 273 g/mol. The standard InChI is InChI=1S/C15H16ClN3/c1-8-6-11-13(7-8)18-15(17)19-14(11)10-4-3-5-12(16)9(10)2/h3-5,8H,6-7H2,1-2H3,(H2,17,18,19)/t8-/m0/s1. The second kappa shape index (κ2) is 4.49. The summed E-state index contributed by atoms with van der Waals surface area (Å²) in [5, 5.41) is 0.759. The van der Waals surface area contributed by atoms with Crippen LogP contribution >= 0.6 is 11.6 Å². The lowest BCUT2D eigenvalue weighted by Gasteiger charge is -2.11. The molecule has 0 radical (unpaired) electrons. The topological polar surface area (TPSA) is 51.8 Å². The van der Waals surface area contributed by atoms with E-state index in [1.54, 1.807) is 0 Å². The van der Waals surface area contributed by atoms with E-state index in [2.05, 4.69) is 16.9 Å². The molecule has 1 aromatic heterocycles. The van der Waals surface area contributed by atoms with Crippen LogP contribution in [0.3, 0.4) is 0 Å². The zero-order chi connectivity index (χ0) is 13.6. The van der Waals surface area contributed by atoms with Gasteiger partial charge < -0.3 is 5.73 Å². The molecule has 1 aliphatic carbocycles. The number of anilines is 1. The molecule has 19 heavy (non-hydrogen) atoms. The van der Waals surface area contributed by atoms with Crippen molar-refractivity contribution in [3.8, 4) is 11.3 Å². The van der Waals surface area contributed by atoms with Crippen LogP contribution in [0.25, 0.3) is 11.3 Å². The summed E-state index contributed by atoms with van der Waals surface area (Å²) in [5.41, 5.74) is 11.2. The van der Waals surface area contributed by atoms with Gasteiger partial charge in [-0.2, -0.15) is 0 Å². The van der Waals surface area contributed by atoms with Gasteiger partial charge in [-0.25, -0.2) is 9.97 Å². The Morgan fingerprint density at radius 3 is 2.84 bits per heavy atom. The van der Waals surface area contributed by atoms with Crippen molar-refractivity contribution in [2.24, 2.45) is 5.92 Å². The van der Waals surface area contributed by atoms with Gasteiger partial charge >= 0.3 is 0 Å². The molecular formula is C15H16ClN3. The predicted molar refractivity (Wildman–Crippen MR) is 78.2 cm³/mol. The third kappa shape index (κ3) is 2.08. The summed E-state index contributed by atoms with van der Waals surface area (Å²) >= 11 is 6.21. The molecule has 0 saturated heterocycles.